The van der Waals surface area contributed by atoms with Crippen LogP contribution in [0.3, 0.4) is 0 Å². The zero-order chi connectivity index (χ0) is 19.8. The second-order valence-corrected chi connectivity index (χ2v) is 8.43. The molecular formula is C22H28N4O3. The summed E-state index contributed by atoms with van der Waals surface area (Å²) >= 11 is 0. The fourth-order valence-electron chi connectivity index (χ4n) is 4.49. The van der Waals surface area contributed by atoms with E-state index in [1.54, 1.807) is 0 Å². The number of hydrogen-bond acceptors (Lipinski definition) is 6. The van der Waals surface area contributed by atoms with Gasteiger partial charge in [-0.1, -0.05) is 30.6 Å². The van der Waals surface area contributed by atoms with Gasteiger partial charge < -0.3 is 14.2 Å². The van der Waals surface area contributed by atoms with Crippen LogP contribution in [0.25, 0.3) is 11.4 Å². The van der Waals surface area contributed by atoms with Crippen LogP contribution in [-0.4, -0.2) is 70.8 Å². The Bertz CT molecular complexity index is 859. The van der Waals surface area contributed by atoms with Crippen molar-refractivity contribution in [2.24, 2.45) is 0 Å². The van der Waals surface area contributed by atoms with Crippen molar-refractivity contribution >= 4 is 5.91 Å². The highest BCUT2D eigenvalue weighted by molar-refractivity contribution is 5.94. The summed E-state index contributed by atoms with van der Waals surface area (Å²) in [7, 11) is 0. The van der Waals surface area contributed by atoms with Gasteiger partial charge in [0.25, 0.3) is 5.91 Å². The average Bonchev–Trinajstić information content (AvgIpc) is 3.50. The van der Waals surface area contributed by atoms with Crippen molar-refractivity contribution in [2.45, 2.75) is 50.6 Å². The second-order valence-electron chi connectivity index (χ2n) is 8.43. The minimum Gasteiger partial charge on any atom is -0.378 e. The van der Waals surface area contributed by atoms with E-state index in [-0.39, 0.29) is 5.91 Å². The summed E-state index contributed by atoms with van der Waals surface area (Å²) < 4.78 is 11.2. The number of carbonyl (C=O) groups is 1. The van der Waals surface area contributed by atoms with Crippen LogP contribution in [0.2, 0.25) is 0 Å². The van der Waals surface area contributed by atoms with Gasteiger partial charge >= 0.3 is 0 Å². The first-order valence-electron chi connectivity index (χ1n) is 10.8. The van der Waals surface area contributed by atoms with Gasteiger partial charge in [0.05, 0.1) is 19.3 Å². The standard InChI is InChI=1S/C22H28N4O3/c1-2-3-18-13-28-14-19-12-25(10-11-26(18)19)22(27)17-8-4-15(5-9-17)20-23-21(29-24-20)16-6-7-16/h4-5,8-9,16,18-19H,2-3,6-7,10-14H2,1H3/t18-,19+/m0/s1. The highest BCUT2D eigenvalue weighted by atomic mass is 16.5. The normalized spacial score (nSPS) is 25.1. The van der Waals surface area contributed by atoms with E-state index < -0.39 is 0 Å². The second kappa shape index (κ2) is 7.88. The topological polar surface area (TPSA) is 71.7 Å². The van der Waals surface area contributed by atoms with Crippen LogP contribution < -0.4 is 0 Å². The van der Waals surface area contributed by atoms with E-state index in [4.69, 9.17) is 9.26 Å². The maximum atomic E-state index is 13.0. The number of fused-ring (bicyclic) bond motifs is 1. The van der Waals surface area contributed by atoms with E-state index in [2.05, 4.69) is 22.0 Å². The number of amides is 1. The number of nitrogens with zero attached hydrogens (tertiary/aromatic N) is 4. The summed E-state index contributed by atoms with van der Waals surface area (Å²) in [6.07, 6.45) is 4.58. The molecule has 0 bridgehead atoms. The smallest absolute Gasteiger partial charge is 0.253 e. The lowest BCUT2D eigenvalue weighted by molar-refractivity contribution is -0.0776. The van der Waals surface area contributed by atoms with Crippen LogP contribution in [-0.2, 0) is 4.74 Å². The number of piperazine rings is 1. The Morgan fingerprint density at radius 3 is 2.76 bits per heavy atom. The number of benzene rings is 1. The quantitative estimate of drug-likeness (QED) is 0.774. The van der Waals surface area contributed by atoms with Gasteiger partial charge in [0.1, 0.15) is 0 Å². The van der Waals surface area contributed by atoms with E-state index in [0.29, 0.717) is 36.0 Å². The van der Waals surface area contributed by atoms with Gasteiger partial charge in [-0.3, -0.25) is 9.69 Å². The van der Waals surface area contributed by atoms with Crippen LogP contribution >= 0.6 is 0 Å². The molecule has 0 N–H and O–H groups in total. The van der Waals surface area contributed by atoms with E-state index in [1.165, 1.54) is 0 Å². The fourth-order valence-corrected chi connectivity index (χ4v) is 4.49. The molecule has 1 aromatic carbocycles. The summed E-state index contributed by atoms with van der Waals surface area (Å²) in [5.41, 5.74) is 1.58. The van der Waals surface area contributed by atoms with Gasteiger partial charge in [0, 0.05) is 42.7 Å². The third kappa shape index (κ3) is 3.81. The summed E-state index contributed by atoms with van der Waals surface area (Å²) in [6.45, 7) is 6.18. The zero-order valence-corrected chi connectivity index (χ0v) is 16.9. The first-order valence-corrected chi connectivity index (χ1v) is 10.8. The molecule has 0 spiro atoms. The van der Waals surface area contributed by atoms with Crippen LogP contribution in [0.5, 0.6) is 0 Å². The Balaban J connectivity index is 1.24. The summed E-state index contributed by atoms with van der Waals surface area (Å²) in [5, 5.41) is 4.08. The maximum Gasteiger partial charge on any atom is 0.253 e. The van der Waals surface area contributed by atoms with E-state index >= 15 is 0 Å². The third-order valence-electron chi connectivity index (χ3n) is 6.29. The molecule has 1 amide bonds. The maximum absolute atomic E-state index is 13.0. The van der Waals surface area contributed by atoms with Gasteiger partial charge in [-0.15, -0.1) is 0 Å². The molecule has 3 aliphatic rings. The Kier molecular flexibility index (Phi) is 5.09. The zero-order valence-electron chi connectivity index (χ0n) is 16.9. The molecule has 2 aromatic rings. The van der Waals surface area contributed by atoms with Gasteiger partial charge in [0.2, 0.25) is 11.7 Å². The molecular weight excluding hydrogens is 368 g/mol. The van der Waals surface area contributed by atoms with Crippen LogP contribution in [0.15, 0.2) is 28.8 Å². The molecule has 3 fully saturated rings. The molecule has 2 saturated heterocycles. The molecule has 3 heterocycles. The van der Waals surface area contributed by atoms with Crippen molar-refractivity contribution in [3.8, 4) is 11.4 Å². The minimum atomic E-state index is 0.0839. The van der Waals surface area contributed by atoms with E-state index in [0.717, 1.165) is 63.4 Å². The van der Waals surface area contributed by atoms with Crippen molar-refractivity contribution in [1.82, 2.24) is 19.9 Å². The molecule has 2 atom stereocenters. The monoisotopic (exact) mass is 396 g/mol. The predicted molar refractivity (Wildman–Crippen MR) is 108 cm³/mol. The first kappa shape index (κ1) is 18.8. The lowest BCUT2D eigenvalue weighted by atomic mass is 10.0. The number of carbonyl (C=O) groups excluding carboxylic acids is 1. The molecule has 1 aliphatic carbocycles. The van der Waals surface area contributed by atoms with Crippen molar-refractivity contribution < 1.29 is 14.1 Å². The predicted octanol–water partition coefficient (Wildman–Crippen LogP) is 2.94. The minimum absolute atomic E-state index is 0.0839. The molecule has 0 radical (unpaired) electrons. The highest BCUT2D eigenvalue weighted by Gasteiger charge is 2.36. The summed E-state index contributed by atoms with van der Waals surface area (Å²) in [6, 6.07) is 8.35. The Morgan fingerprint density at radius 2 is 2.00 bits per heavy atom. The first-order chi connectivity index (χ1) is 14.2. The van der Waals surface area contributed by atoms with Crippen molar-refractivity contribution in [1.29, 1.82) is 0 Å². The van der Waals surface area contributed by atoms with E-state index in [9.17, 15) is 4.79 Å². The Labute approximate surface area is 171 Å². The fraction of sp³-hybridized carbons (Fsp3) is 0.591. The molecule has 154 valence electrons. The highest BCUT2D eigenvalue weighted by Crippen LogP contribution is 2.39. The number of aromatic nitrogens is 2. The van der Waals surface area contributed by atoms with Crippen molar-refractivity contribution in [2.75, 3.05) is 32.8 Å². The van der Waals surface area contributed by atoms with Gasteiger partial charge in [-0.05, 0) is 31.4 Å². The molecule has 1 saturated carbocycles. The number of morpholine rings is 1. The van der Waals surface area contributed by atoms with Gasteiger partial charge in [0.15, 0.2) is 0 Å². The molecule has 29 heavy (non-hydrogen) atoms. The number of rotatable bonds is 5. The number of hydrogen-bond donors (Lipinski definition) is 0. The lowest BCUT2D eigenvalue weighted by Gasteiger charge is -2.48. The Morgan fingerprint density at radius 1 is 1.17 bits per heavy atom. The van der Waals surface area contributed by atoms with Crippen molar-refractivity contribution in [3.63, 3.8) is 0 Å². The molecule has 2 aliphatic heterocycles. The van der Waals surface area contributed by atoms with Gasteiger partial charge in [-0.25, -0.2) is 0 Å². The molecule has 5 rings (SSSR count). The molecule has 0 unspecified atom stereocenters. The van der Waals surface area contributed by atoms with Crippen LogP contribution in [0.1, 0.15) is 54.8 Å². The molecule has 7 heteroatoms. The Hall–Kier alpha value is -2.25. The SMILES string of the molecule is CCC[C@H]1COC[C@H]2CN(C(=O)c3ccc(-c4noc(C5CC5)n4)cc3)CCN12. The summed E-state index contributed by atoms with van der Waals surface area (Å²) in [4.78, 5) is 22.0. The van der Waals surface area contributed by atoms with Crippen molar-refractivity contribution in [3.05, 3.63) is 35.7 Å². The number of ether oxygens (including phenoxy) is 1. The lowest BCUT2D eigenvalue weighted by Crippen LogP contribution is -2.62. The average molecular weight is 396 g/mol. The largest absolute Gasteiger partial charge is 0.378 e. The van der Waals surface area contributed by atoms with E-state index in [1.807, 2.05) is 29.2 Å². The van der Waals surface area contributed by atoms with Crippen LogP contribution in [0, 0.1) is 0 Å². The molecule has 7 nitrogen and oxygen atoms in total. The molecule has 1 aromatic heterocycles. The van der Waals surface area contributed by atoms with Gasteiger partial charge in [-0.2, -0.15) is 4.98 Å². The third-order valence-corrected chi connectivity index (χ3v) is 6.29. The van der Waals surface area contributed by atoms with Crippen LogP contribution in [0.4, 0.5) is 0 Å². The summed E-state index contributed by atoms with van der Waals surface area (Å²) in [5.74, 6) is 1.85.